The van der Waals surface area contributed by atoms with Crippen LogP contribution in [0.1, 0.15) is 11.3 Å². The molecule has 4 nitrogen and oxygen atoms in total. The summed E-state index contributed by atoms with van der Waals surface area (Å²) >= 11 is 0. The van der Waals surface area contributed by atoms with Gasteiger partial charge >= 0.3 is 7.12 Å². The molecule has 0 aliphatic rings. The van der Waals surface area contributed by atoms with E-state index in [0.29, 0.717) is 5.46 Å². The van der Waals surface area contributed by atoms with Gasteiger partial charge in [0.25, 0.3) is 0 Å². The summed E-state index contributed by atoms with van der Waals surface area (Å²) in [5.41, 5.74) is 3.27. The minimum atomic E-state index is -1.44. The van der Waals surface area contributed by atoms with Gasteiger partial charge < -0.3 is 14.6 Å². The van der Waals surface area contributed by atoms with E-state index >= 15 is 0 Å². The molecule has 2 rings (SSSR count). The number of aromatic nitrogens is 2. The maximum atomic E-state index is 9.16. The maximum Gasteiger partial charge on any atom is 0.488 e. The average molecular weight is 216 g/mol. The molecule has 0 bridgehead atoms. The van der Waals surface area contributed by atoms with Crippen molar-refractivity contribution in [1.29, 1.82) is 0 Å². The second-order valence-corrected chi connectivity index (χ2v) is 3.90. The van der Waals surface area contributed by atoms with Crippen LogP contribution in [0, 0.1) is 13.8 Å². The Kier molecular flexibility index (Phi) is 2.81. The molecule has 1 aromatic heterocycles. The van der Waals surface area contributed by atoms with Crippen molar-refractivity contribution in [2.75, 3.05) is 0 Å². The molecular weight excluding hydrogens is 203 g/mol. The fourth-order valence-corrected chi connectivity index (χ4v) is 1.65. The van der Waals surface area contributed by atoms with Gasteiger partial charge in [-0.3, -0.25) is 0 Å². The van der Waals surface area contributed by atoms with Gasteiger partial charge in [0.1, 0.15) is 0 Å². The zero-order valence-corrected chi connectivity index (χ0v) is 9.25. The molecule has 0 aliphatic heterocycles. The first-order valence-corrected chi connectivity index (χ1v) is 5.05. The van der Waals surface area contributed by atoms with Crippen molar-refractivity contribution < 1.29 is 10.0 Å². The van der Waals surface area contributed by atoms with E-state index in [-0.39, 0.29) is 0 Å². The molecule has 2 N–H and O–H groups in total. The minimum absolute atomic E-state index is 0.487. The second kappa shape index (κ2) is 4.12. The van der Waals surface area contributed by atoms with Gasteiger partial charge in [0.15, 0.2) is 0 Å². The molecule has 0 unspecified atom stereocenters. The zero-order valence-electron chi connectivity index (χ0n) is 9.25. The van der Waals surface area contributed by atoms with Crippen LogP contribution in [0.25, 0.3) is 5.69 Å². The standard InChI is InChI=1S/C11H13BN2O2/c1-8-3-10(12(15)16)5-11(4-8)14-6-9(2)13-7-14/h3-7,15-16H,1-2H3. The highest BCUT2D eigenvalue weighted by molar-refractivity contribution is 6.58. The Bertz CT molecular complexity index is 508. The van der Waals surface area contributed by atoms with Crippen molar-refractivity contribution in [3.05, 3.63) is 42.0 Å². The number of nitrogens with zero attached hydrogens (tertiary/aromatic N) is 2. The van der Waals surface area contributed by atoms with E-state index in [1.807, 2.05) is 30.7 Å². The van der Waals surface area contributed by atoms with E-state index in [2.05, 4.69) is 4.98 Å². The number of rotatable bonds is 2. The van der Waals surface area contributed by atoms with E-state index in [9.17, 15) is 0 Å². The van der Waals surface area contributed by atoms with Gasteiger partial charge in [-0.15, -0.1) is 0 Å². The van der Waals surface area contributed by atoms with Crippen LogP contribution >= 0.6 is 0 Å². The number of benzene rings is 1. The van der Waals surface area contributed by atoms with Gasteiger partial charge in [-0.25, -0.2) is 4.98 Å². The molecule has 0 aliphatic carbocycles. The first-order valence-electron chi connectivity index (χ1n) is 5.05. The monoisotopic (exact) mass is 216 g/mol. The molecule has 1 aromatic carbocycles. The van der Waals surface area contributed by atoms with Crippen LogP contribution in [0.5, 0.6) is 0 Å². The fraction of sp³-hybridized carbons (Fsp3) is 0.182. The van der Waals surface area contributed by atoms with Gasteiger partial charge in [0, 0.05) is 11.9 Å². The van der Waals surface area contributed by atoms with Gasteiger partial charge in [-0.2, -0.15) is 0 Å². The highest BCUT2D eigenvalue weighted by Crippen LogP contribution is 2.09. The van der Waals surface area contributed by atoms with Crippen molar-refractivity contribution in [2.24, 2.45) is 0 Å². The summed E-state index contributed by atoms with van der Waals surface area (Å²) in [6, 6.07) is 5.45. The molecule has 1 heterocycles. The largest absolute Gasteiger partial charge is 0.488 e. The highest BCUT2D eigenvalue weighted by atomic mass is 16.4. The fourth-order valence-electron chi connectivity index (χ4n) is 1.65. The first kappa shape index (κ1) is 10.9. The third-order valence-electron chi connectivity index (χ3n) is 2.39. The lowest BCUT2D eigenvalue weighted by Gasteiger charge is -2.07. The summed E-state index contributed by atoms with van der Waals surface area (Å²) < 4.78 is 1.86. The van der Waals surface area contributed by atoms with E-state index < -0.39 is 7.12 Å². The summed E-state index contributed by atoms with van der Waals surface area (Å²) in [4.78, 5) is 4.14. The SMILES string of the molecule is Cc1cc(B(O)O)cc(-n2cnc(C)c2)c1. The van der Waals surface area contributed by atoms with Crippen LogP contribution < -0.4 is 5.46 Å². The molecule has 16 heavy (non-hydrogen) atoms. The van der Waals surface area contributed by atoms with Gasteiger partial charge in [0.2, 0.25) is 0 Å². The third kappa shape index (κ3) is 2.15. The Balaban J connectivity index is 2.49. The molecule has 0 spiro atoms. The number of imidazole rings is 1. The smallest absolute Gasteiger partial charge is 0.423 e. The van der Waals surface area contributed by atoms with Crippen LogP contribution in [-0.4, -0.2) is 26.7 Å². The lowest BCUT2D eigenvalue weighted by molar-refractivity contribution is 0.425. The summed E-state index contributed by atoms with van der Waals surface area (Å²) in [6.07, 6.45) is 3.60. The van der Waals surface area contributed by atoms with Crippen molar-refractivity contribution in [3.8, 4) is 5.69 Å². The maximum absolute atomic E-state index is 9.16. The molecule has 0 fully saturated rings. The first-order chi connectivity index (χ1) is 7.56. The zero-order chi connectivity index (χ0) is 11.7. The Hall–Kier alpha value is -1.59. The summed E-state index contributed by atoms with van der Waals surface area (Å²) in [5.74, 6) is 0. The molecule has 0 atom stereocenters. The predicted molar refractivity (Wildman–Crippen MR) is 62.9 cm³/mol. The Labute approximate surface area is 94.3 Å². The molecule has 2 aromatic rings. The molecule has 82 valence electrons. The summed E-state index contributed by atoms with van der Waals surface area (Å²) in [6.45, 7) is 3.83. The van der Waals surface area contributed by atoms with Crippen LogP contribution in [0.4, 0.5) is 0 Å². The number of hydrogen-bond donors (Lipinski definition) is 2. The number of hydrogen-bond acceptors (Lipinski definition) is 3. The van der Waals surface area contributed by atoms with E-state index in [0.717, 1.165) is 16.9 Å². The highest BCUT2D eigenvalue weighted by Gasteiger charge is 2.12. The Morgan fingerprint density at radius 2 is 1.94 bits per heavy atom. The van der Waals surface area contributed by atoms with Crippen LogP contribution in [0.15, 0.2) is 30.7 Å². The van der Waals surface area contributed by atoms with Crippen molar-refractivity contribution >= 4 is 12.6 Å². The summed E-state index contributed by atoms with van der Waals surface area (Å²) in [7, 11) is -1.44. The van der Waals surface area contributed by atoms with Crippen molar-refractivity contribution in [3.63, 3.8) is 0 Å². The van der Waals surface area contributed by atoms with E-state index in [4.69, 9.17) is 10.0 Å². The normalized spacial score (nSPS) is 10.5. The molecule has 0 saturated carbocycles. The third-order valence-corrected chi connectivity index (χ3v) is 2.39. The lowest BCUT2D eigenvalue weighted by Crippen LogP contribution is -2.30. The molecule has 5 heteroatoms. The topological polar surface area (TPSA) is 58.3 Å². The molecular formula is C11H13BN2O2. The van der Waals surface area contributed by atoms with Crippen LogP contribution in [0.3, 0.4) is 0 Å². The lowest BCUT2D eigenvalue weighted by atomic mass is 9.79. The van der Waals surface area contributed by atoms with Crippen molar-refractivity contribution in [2.45, 2.75) is 13.8 Å². The second-order valence-electron chi connectivity index (χ2n) is 3.90. The van der Waals surface area contributed by atoms with E-state index in [1.54, 1.807) is 18.5 Å². The number of aryl methyl sites for hydroxylation is 2. The molecule has 0 radical (unpaired) electrons. The average Bonchev–Trinajstić information content (AvgIpc) is 2.64. The van der Waals surface area contributed by atoms with Crippen LogP contribution in [-0.2, 0) is 0 Å². The van der Waals surface area contributed by atoms with Gasteiger partial charge in [-0.1, -0.05) is 6.07 Å². The minimum Gasteiger partial charge on any atom is -0.423 e. The quantitative estimate of drug-likeness (QED) is 0.703. The Morgan fingerprint density at radius 1 is 1.19 bits per heavy atom. The molecule has 0 amide bonds. The predicted octanol–water partition coefficient (Wildman–Crippen LogP) is 0.169. The summed E-state index contributed by atoms with van der Waals surface area (Å²) in [5, 5.41) is 18.3. The van der Waals surface area contributed by atoms with Crippen LogP contribution in [0.2, 0.25) is 0 Å². The van der Waals surface area contributed by atoms with Gasteiger partial charge in [0.05, 0.1) is 12.0 Å². The van der Waals surface area contributed by atoms with Crippen molar-refractivity contribution in [1.82, 2.24) is 9.55 Å². The Morgan fingerprint density at radius 3 is 2.50 bits per heavy atom. The van der Waals surface area contributed by atoms with E-state index in [1.165, 1.54) is 0 Å². The van der Waals surface area contributed by atoms with Gasteiger partial charge in [-0.05, 0) is 37.0 Å². The molecule has 0 saturated heterocycles.